The van der Waals surface area contributed by atoms with Crippen LogP contribution in [0.25, 0.3) is 0 Å². The molecule has 0 aromatic heterocycles. The van der Waals surface area contributed by atoms with E-state index in [0.29, 0.717) is 19.3 Å². The lowest BCUT2D eigenvalue weighted by Crippen LogP contribution is -2.30. The van der Waals surface area contributed by atoms with Crippen LogP contribution in [0.3, 0.4) is 0 Å². The summed E-state index contributed by atoms with van der Waals surface area (Å²) in [6.45, 7) is 6.49. The Kier molecular flexibility index (Phi) is 67.1. The van der Waals surface area contributed by atoms with E-state index in [4.69, 9.17) is 14.2 Å². The van der Waals surface area contributed by atoms with Gasteiger partial charge in [0.05, 0.1) is 0 Å². The van der Waals surface area contributed by atoms with Crippen molar-refractivity contribution in [2.24, 2.45) is 0 Å². The molecule has 0 aliphatic rings. The molecule has 6 heteroatoms. The molecule has 472 valence electrons. The van der Waals surface area contributed by atoms with Gasteiger partial charge < -0.3 is 14.2 Å². The van der Waals surface area contributed by atoms with Crippen molar-refractivity contribution in [3.63, 3.8) is 0 Å². The van der Waals surface area contributed by atoms with Crippen LogP contribution in [0.1, 0.15) is 380 Å². The highest BCUT2D eigenvalue weighted by molar-refractivity contribution is 5.71. The lowest BCUT2D eigenvalue weighted by Gasteiger charge is -2.18. The second-order valence-electron chi connectivity index (χ2n) is 24.1. The number of ether oxygens (including phenoxy) is 3. The largest absolute Gasteiger partial charge is 0.462 e. The highest BCUT2D eigenvalue weighted by Gasteiger charge is 2.19. The molecule has 81 heavy (non-hydrogen) atoms. The molecule has 0 spiro atoms. The SMILES string of the molecule is CC/C=C\C/C=C\C/C=C\C/C=C\CCCCCCCCCCCCC(=O)OC(COC(=O)CCCCCCC)COC(=O)CCCCCCCCCCCCCCCCCCCCCCCCC/C=C\CCCCCCCCCC. The third kappa shape index (κ3) is 67.8. The fraction of sp³-hybridized carbons (Fsp3) is 0.827. The maximum absolute atomic E-state index is 12.8. The molecule has 0 bridgehead atoms. The van der Waals surface area contributed by atoms with Crippen LogP contribution in [0.2, 0.25) is 0 Å². The van der Waals surface area contributed by atoms with Crippen molar-refractivity contribution in [3.05, 3.63) is 60.8 Å². The summed E-state index contributed by atoms with van der Waals surface area (Å²) in [7, 11) is 0. The van der Waals surface area contributed by atoms with Crippen molar-refractivity contribution < 1.29 is 28.6 Å². The zero-order valence-corrected chi connectivity index (χ0v) is 54.3. The molecule has 0 aromatic rings. The number of allylic oxidation sites excluding steroid dienone is 10. The molecule has 0 N–H and O–H groups in total. The molecule has 1 unspecified atom stereocenters. The molecule has 6 nitrogen and oxygen atoms in total. The third-order valence-corrected chi connectivity index (χ3v) is 16.0. The summed E-state index contributed by atoms with van der Waals surface area (Å²) >= 11 is 0. The van der Waals surface area contributed by atoms with Gasteiger partial charge in [0.1, 0.15) is 13.2 Å². The van der Waals surface area contributed by atoms with Crippen LogP contribution >= 0.6 is 0 Å². The summed E-state index contributed by atoms with van der Waals surface area (Å²) in [5, 5.41) is 0. The standard InChI is InChI=1S/C75H136O6/c1-4-7-10-13-15-17-19-21-23-25-27-29-31-32-33-34-35-36-37-38-39-40-41-42-44-45-47-49-51-53-55-57-59-62-65-68-74(77)80-71-72(70-79-73(76)67-64-61-12-9-6-3)81-75(78)69-66-63-60-58-56-54-52-50-48-46-43-30-28-26-24-22-20-18-16-14-11-8-5-2/h8,11,16,18,22,24-25,27-28,30,72H,4-7,9-10,12-15,17,19-21,23,26,29,31-71H2,1-3H3/b11-8-,18-16-,24-22-,27-25-,30-28-. The molecule has 0 radical (unpaired) electrons. The van der Waals surface area contributed by atoms with E-state index in [9.17, 15) is 14.4 Å². The van der Waals surface area contributed by atoms with E-state index in [-0.39, 0.29) is 31.1 Å². The molecule has 0 aliphatic heterocycles. The Hall–Kier alpha value is -2.89. The van der Waals surface area contributed by atoms with Crippen molar-refractivity contribution in [2.45, 2.75) is 386 Å². The van der Waals surface area contributed by atoms with Crippen molar-refractivity contribution in [1.82, 2.24) is 0 Å². The van der Waals surface area contributed by atoms with Crippen LogP contribution in [-0.2, 0) is 28.6 Å². The average Bonchev–Trinajstić information content (AvgIpc) is 3.47. The van der Waals surface area contributed by atoms with E-state index >= 15 is 0 Å². The quantitative estimate of drug-likeness (QED) is 0.0261. The van der Waals surface area contributed by atoms with Crippen LogP contribution in [0.5, 0.6) is 0 Å². The van der Waals surface area contributed by atoms with Crippen LogP contribution in [0, 0.1) is 0 Å². The summed E-state index contributed by atoms with van der Waals surface area (Å²) < 4.78 is 16.8. The third-order valence-electron chi connectivity index (χ3n) is 16.0. The predicted octanol–water partition coefficient (Wildman–Crippen LogP) is 24.7. The van der Waals surface area contributed by atoms with Gasteiger partial charge in [-0.3, -0.25) is 14.4 Å². The lowest BCUT2D eigenvalue weighted by molar-refractivity contribution is -0.167. The van der Waals surface area contributed by atoms with E-state index in [0.717, 1.165) is 89.9 Å². The first-order valence-corrected chi connectivity index (χ1v) is 35.8. The normalized spacial score (nSPS) is 12.4. The first-order chi connectivity index (χ1) is 40.0. The predicted molar refractivity (Wildman–Crippen MR) is 353 cm³/mol. The average molecular weight is 1130 g/mol. The fourth-order valence-corrected chi connectivity index (χ4v) is 10.7. The minimum absolute atomic E-state index is 0.0721. The van der Waals surface area contributed by atoms with Crippen molar-refractivity contribution in [1.29, 1.82) is 0 Å². The van der Waals surface area contributed by atoms with Crippen LogP contribution in [0.15, 0.2) is 60.8 Å². The van der Waals surface area contributed by atoms with Gasteiger partial charge in [-0.05, 0) is 83.5 Å². The molecule has 0 amide bonds. The van der Waals surface area contributed by atoms with Gasteiger partial charge in [0.15, 0.2) is 6.10 Å². The van der Waals surface area contributed by atoms with Gasteiger partial charge >= 0.3 is 17.9 Å². The van der Waals surface area contributed by atoms with Crippen molar-refractivity contribution >= 4 is 17.9 Å². The van der Waals surface area contributed by atoms with Gasteiger partial charge in [-0.25, -0.2) is 0 Å². The zero-order chi connectivity index (χ0) is 58.5. The van der Waals surface area contributed by atoms with E-state index in [2.05, 4.69) is 81.5 Å². The Morgan fingerprint density at radius 1 is 0.259 bits per heavy atom. The lowest BCUT2D eigenvalue weighted by atomic mass is 10.0. The molecule has 1 atom stereocenters. The number of hydrogen-bond acceptors (Lipinski definition) is 6. The molecule has 0 aliphatic carbocycles. The van der Waals surface area contributed by atoms with Gasteiger partial charge in [0, 0.05) is 19.3 Å². The van der Waals surface area contributed by atoms with Crippen molar-refractivity contribution in [2.75, 3.05) is 13.2 Å². The van der Waals surface area contributed by atoms with Gasteiger partial charge in [-0.2, -0.15) is 0 Å². The Morgan fingerprint density at radius 2 is 0.481 bits per heavy atom. The molecular weight excluding hydrogens is 997 g/mol. The van der Waals surface area contributed by atoms with Gasteiger partial charge in [-0.1, -0.05) is 338 Å². The van der Waals surface area contributed by atoms with Crippen LogP contribution in [0.4, 0.5) is 0 Å². The molecule has 0 aromatic carbocycles. The highest BCUT2D eigenvalue weighted by Crippen LogP contribution is 2.18. The fourth-order valence-electron chi connectivity index (χ4n) is 10.7. The molecular formula is C75H136O6. The second kappa shape index (κ2) is 69.6. The van der Waals surface area contributed by atoms with Crippen LogP contribution in [-0.4, -0.2) is 37.2 Å². The smallest absolute Gasteiger partial charge is 0.306 e. The monoisotopic (exact) mass is 1130 g/mol. The zero-order valence-electron chi connectivity index (χ0n) is 54.3. The maximum Gasteiger partial charge on any atom is 0.306 e. The second-order valence-corrected chi connectivity index (χ2v) is 24.1. The Bertz CT molecular complexity index is 1440. The first kappa shape index (κ1) is 78.1. The molecule has 0 fully saturated rings. The molecule has 0 saturated carbocycles. The van der Waals surface area contributed by atoms with E-state index in [1.54, 1.807) is 0 Å². The number of carbonyl (C=O) groups excluding carboxylic acids is 3. The summed E-state index contributed by atoms with van der Waals surface area (Å²) in [5.41, 5.74) is 0. The number of esters is 3. The number of unbranched alkanes of at least 4 members (excludes halogenated alkanes) is 45. The van der Waals surface area contributed by atoms with Crippen molar-refractivity contribution in [3.8, 4) is 0 Å². The summed E-state index contributed by atoms with van der Waals surface area (Å²) in [5.74, 6) is -0.871. The number of carbonyl (C=O) groups is 3. The Labute approximate surface area is 504 Å². The van der Waals surface area contributed by atoms with Gasteiger partial charge in [0.25, 0.3) is 0 Å². The van der Waals surface area contributed by atoms with E-state index in [1.807, 2.05) is 0 Å². The number of rotatable bonds is 66. The van der Waals surface area contributed by atoms with E-state index in [1.165, 1.54) is 250 Å². The highest BCUT2D eigenvalue weighted by atomic mass is 16.6. The molecule has 0 rings (SSSR count). The molecule has 0 heterocycles. The summed E-state index contributed by atoms with van der Waals surface area (Å²) in [6.07, 6.45) is 90.4. The Morgan fingerprint density at radius 3 is 0.765 bits per heavy atom. The number of hydrogen-bond donors (Lipinski definition) is 0. The minimum Gasteiger partial charge on any atom is -0.462 e. The summed E-state index contributed by atoms with van der Waals surface area (Å²) in [4.78, 5) is 38.0. The van der Waals surface area contributed by atoms with Crippen LogP contribution < -0.4 is 0 Å². The van der Waals surface area contributed by atoms with E-state index < -0.39 is 6.10 Å². The maximum atomic E-state index is 12.8. The van der Waals surface area contributed by atoms with Gasteiger partial charge in [-0.15, -0.1) is 0 Å². The minimum atomic E-state index is -0.772. The first-order valence-electron chi connectivity index (χ1n) is 35.8. The van der Waals surface area contributed by atoms with Gasteiger partial charge in [0.2, 0.25) is 0 Å². The topological polar surface area (TPSA) is 78.9 Å². The summed E-state index contributed by atoms with van der Waals surface area (Å²) in [6, 6.07) is 0. The Balaban J connectivity index is 3.89. The molecule has 0 saturated heterocycles.